The SMILES string of the molecule is Br.N#CCCCCN=C(N)N1CCN(c2ncccn2)CC1. The summed E-state index contributed by atoms with van der Waals surface area (Å²) < 4.78 is 0. The molecule has 0 amide bonds. The number of rotatable bonds is 5. The van der Waals surface area contributed by atoms with E-state index in [-0.39, 0.29) is 17.0 Å². The molecule has 22 heavy (non-hydrogen) atoms. The molecule has 1 aliphatic heterocycles. The van der Waals surface area contributed by atoms with Crippen LogP contribution in [0.3, 0.4) is 0 Å². The standard InChI is InChI=1S/C14H21N7.BrH/c15-5-2-1-3-6-17-13(16)20-9-11-21(12-10-20)14-18-7-4-8-19-14;/h4,7-8H,1-3,6,9-12H2,(H2,16,17);1H. The van der Waals surface area contributed by atoms with Crippen LogP contribution in [0.5, 0.6) is 0 Å². The van der Waals surface area contributed by atoms with Crippen LogP contribution in [0.1, 0.15) is 19.3 Å². The van der Waals surface area contributed by atoms with Crippen LogP contribution >= 0.6 is 17.0 Å². The maximum atomic E-state index is 8.46. The number of piperazine rings is 1. The Morgan fingerprint density at radius 1 is 1.23 bits per heavy atom. The molecule has 8 heteroatoms. The minimum atomic E-state index is 0. The summed E-state index contributed by atoms with van der Waals surface area (Å²) in [4.78, 5) is 17.1. The van der Waals surface area contributed by atoms with E-state index in [1.165, 1.54) is 0 Å². The molecule has 0 atom stereocenters. The molecule has 0 aromatic carbocycles. The van der Waals surface area contributed by atoms with Gasteiger partial charge in [-0.15, -0.1) is 17.0 Å². The van der Waals surface area contributed by atoms with Crippen molar-refractivity contribution in [3.8, 4) is 6.07 Å². The summed E-state index contributed by atoms with van der Waals surface area (Å²) in [5.74, 6) is 1.37. The van der Waals surface area contributed by atoms with E-state index >= 15 is 0 Å². The number of halogens is 1. The molecule has 1 saturated heterocycles. The van der Waals surface area contributed by atoms with Crippen LogP contribution in [0, 0.1) is 11.3 Å². The van der Waals surface area contributed by atoms with Crippen LogP contribution in [0.4, 0.5) is 5.95 Å². The largest absolute Gasteiger partial charge is 0.370 e. The molecule has 0 saturated carbocycles. The highest BCUT2D eigenvalue weighted by Crippen LogP contribution is 2.09. The lowest BCUT2D eigenvalue weighted by Gasteiger charge is -2.35. The lowest BCUT2D eigenvalue weighted by atomic mass is 10.2. The summed E-state index contributed by atoms with van der Waals surface area (Å²) in [6, 6.07) is 3.95. The topological polar surface area (TPSA) is 94.4 Å². The summed E-state index contributed by atoms with van der Waals surface area (Å²) in [6.07, 6.45) is 5.89. The Kier molecular flexibility index (Phi) is 8.22. The minimum absolute atomic E-state index is 0. The molecule has 0 aliphatic carbocycles. The molecule has 1 fully saturated rings. The summed E-state index contributed by atoms with van der Waals surface area (Å²) in [5.41, 5.74) is 6.01. The number of nitriles is 1. The van der Waals surface area contributed by atoms with E-state index in [1.54, 1.807) is 12.4 Å². The fraction of sp³-hybridized carbons (Fsp3) is 0.571. The van der Waals surface area contributed by atoms with Gasteiger partial charge in [0.2, 0.25) is 5.95 Å². The van der Waals surface area contributed by atoms with E-state index in [0.29, 0.717) is 18.9 Å². The van der Waals surface area contributed by atoms with Gasteiger partial charge in [-0.2, -0.15) is 5.26 Å². The van der Waals surface area contributed by atoms with Crippen LogP contribution < -0.4 is 10.6 Å². The van der Waals surface area contributed by atoms with Crippen LogP contribution in [-0.2, 0) is 0 Å². The molecule has 0 spiro atoms. The summed E-state index contributed by atoms with van der Waals surface area (Å²) in [5, 5.41) is 8.46. The fourth-order valence-corrected chi connectivity index (χ4v) is 2.20. The van der Waals surface area contributed by atoms with Crippen molar-refractivity contribution in [3.63, 3.8) is 0 Å². The minimum Gasteiger partial charge on any atom is -0.370 e. The van der Waals surface area contributed by atoms with Crippen molar-refractivity contribution in [3.05, 3.63) is 18.5 Å². The molecule has 1 aliphatic rings. The average Bonchev–Trinajstić information content (AvgIpc) is 2.55. The van der Waals surface area contributed by atoms with E-state index < -0.39 is 0 Å². The highest BCUT2D eigenvalue weighted by Gasteiger charge is 2.19. The molecule has 120 valence electrons. The number of anilines is 1. The predicted molar refractivity (Wildman–Crippen MR) is 92.1 cm³/mol. The molecule has 7 nitrogen and oxygen atoms in total. The van der Waals surface area contributed by atoms with Gasteiger partial charge in [0.25, 0.3) is 0 Å². The lowest BCUT2D eigenvalue weighted by Crippen LogP contribution is -2.51. The van der Waals surface area contributed by atoms with Crippen LogP contribution in [0.15, 0.2) is 23.5 Å². The third-order valence-corrected chi connectivity index (χ3v) is 3.41. The molecule has 2 rings (SSSR count). The van der Waals surface area contributed by atoms with E-state index in [0.717, 1.165) is 45.0 Å². The molecule has 1 aromatic rings. The van der Waals surface area contributed by atoms with E-state index in [9.17, 15) is 0 Å². The number of unbranched alkanes of at least 4 members (excludes halogenated alkanes) is 2. The second-order valence-electron chi connectivity index (χ2n) is 4.88. The van der Waals surface area contributed by atoms with Gasteiger partial charge in [0, 0.05) is 51.5 Å². The van der Waals surface area contributed by atoms with Gasteiger partial charge in [0.15, 0.2) is 5.96 Å². The summed E-state index contributed by atoms with van der Waals surface area (Å²) >= 11 is 0. The second-order valence-corrected chi connectivity index (χ2v) is 4.88. The molecule has 2 N–H and O–H groups in total. The Morgan fingerprint density at radius 2 is 1.91 bits per heavy atom. The number of hydrogen-bond donors (Lipinski definition) is 1. The maximum Gasteiger partial charge on any atom is 0.225 e. The van der Waals surface area contributed by atoms with Gasteiger partial charge in [-0.1, -0.05) is 0 Å². The number of nitrogens with zero attached hydrogens (tertiary/aromatic N) is 6. The van der Waals surface area contributed by atoms with Crippen molar-refractivity contribution in [2.45, 2.75) is 19.3 Å². The van der Waals surface area contributed by atoms with E-state index in [4.69, 9.17) is 11.0 Å². The molecule has 0 radical (unpaired) electrons. The zero-order valence-corrected chi connectivity index (χ0v) is 14.3. The Bertz CT molecular complexity index is 492. The van der Waals surface area contributed by atoms with Gasteiger partial charge >= 0.3 is 0 Å². The van der Waals surface area contributed by atoms with E-state index in [2.05, 4.69) is 30.8 Å². The highest BCUT2D eigenvalue weighted by atomic mass is 79.9. The zero-order valence-electron chi connectivity index (χ0n) is 12.6. The number of hydrogen-bond acceptors (Lipinski definition) is 5. The van der Waals surface area contributed by atoms with Gasteiger partial charge in [-0.3, -0.25) is 4.99 Å². The monoisotopic (exact) mass is 367 g/mol. The number of aromatic nitrogens is 2. The number of aliphatic imine (C=N–C) groups is 1. The summed E-state index contributed by atoms with van der Waals surface area (Å²) in [6.45, 7) is 4.02. The first kappa shape index (κ1) is 18.2. The smallest absolute Gasteiger partial charge is 0.225 e. The van der Waals surface area contributed by atoms with Gasteiger partial charge in [0.05, 0.1) is 6.07 Å². The molecule has 2 heterocycles. The van der Waals surface area contributed by atoms with Crippen molar-refractivity contribution in [1.29, 1.82) is 5.26 Å². The fourth-order valence-electron chi connectivity index (χ4n) is 2.20. The van der Waals surface area contributed by atoms with Crippen LogP contribution in [0.25, 0.3) is 0 Å². The third kappa shape index (κ3) is 5.48. The molecular weight excluding hydrogens is 346 g/mol. The van der Waals surface area contributed by atoms with Crippen molar-refractivity contribution in [1.82, 2.24) is 14.9 Å². The van der Waals surface area contributed by atoms with Gasteiger partial charge in [0.1, 0.15) is 0 Å². The number of guanidine groups is 1. The zero-order chi connectivity index (χ0) is 14.9. The second kappa shape index (κ2) is 9.95. The first-order chi connectivity index (χ1) is 10.3. The lowest BCUT2D eigenvalue weighted by molar-refractivity contribution is 0.378. The quantitative estimate of drug-likeness (QED) is 0.477. The van der Waals surface area contributed by atoms with Crippen LogP contribution in [0.2, 0.25) is 0 Å². The van der Waals surface area contributed by atoms with E-state index in [1.807, 2.05) is 6.07 Å². The Balaban J connectivity index is 0.00000242. The Hall–Kier alpha value is -1.88. The van der Waals surface area contributed by atoms with Crippen molar-refractivity contribution < 1.29 is 0 Å². The first-order valence-corrected chi connectivity index (χ1v) is 7.25. The Labute approximate surface area is 141 Å². The van der Waals surface area contributed by atoms with Gasteiger partial charge in [-0.25, -0.2) is 9.97 Å². The molecular formula is C14H22BrN7. The van der Waals surface area contributed by atoms with Gasteiger partial charge < -0.3 is 15.5 Å². The van der Waals surface area contributed by atoms with Crippen molar-refractivity contribution in [2.24, 2.45) is 10.7 Å². The van der Waals surface area contributed by atoms with Crippen molar-refractivity contribution >= 4 is 28.9 Å². The van der Waals surface area contributed by atoms with Gasteiger partial charge in [-0.05, 0) is 18.9 Å². The number of nitrogens with two attached hydrogens (primary N) is 1. The Morgan fingerprint density at radius 3 is 2.55 bits per heavy atom. The molecule has 1 aromatic heterocycles. The predicted octanol–water partition coefficient (Wildman–Crippen LogP) is 1.19. The van der Waals surface area contributed by atoms with Crippen LogP contribution in [-0.4, -0.2) is 53.6 Å². The molecule has 0 unspecified atom stereocenters. The normalized spacial score (nSPS) is 15.1. The van der Waals surface area contributed by atoms with Crippen molar-refractivity contribution in [2.75, 3.05) is 37.6 Å². The summed E-state index contributed by atoms with van der Waals surface area (Å²) in [7, 11) is 0. The maximum absolute atomic E-state index is 8.46. The third-order valence-electron chi connectivity index (χ3n) is 3.41. The molecule has 0 bridgehead atoms. The highest BCUT2D eigenvalue weighted by molar-refractivity contribution is 8.93. The average molecular weight is 368 g/mol. The first-order valence-electron chi connectivity index (χ1n) is 7.25.